The minimum absolute atomic E-state index is 0.0669. The third kappa shape index (κ3) is 3.95. The summed E-state index contributed by atoms with van der Waals surface area (Å²) >= 11 is 11.8. The van der Waals surface area contributed by atoms with Crippen LogP contribution in [0.3, 0.4) is 0 Å². The second kappa shape index (κ2) is 6.72. The Morgan fingerprint density at radius 3 is 2.60 bits per heavy atom. The van der Waals surface area contributed by atoms with Gasteiger partial charge in [-0.3, -0.25) is 10.1 Å². The van der Waals surface area contributed by atoms with Gasteiger partial charge in [-0.1, -0.05) is 41.6 Å². The Hall–Kier alpha value is -1.59. The Kier molecular flexibility index (Phi) is 4.98. The first-order valence-corrected chi connectivity index (χ1v) is 6.94. The SMILES string of the molecule is CCCCC(=O)Nc1nnc(-c2cc(Cl)cc(Cl)c2)o1. The molecule has 1 heterocycles. The molecule has 5 nitrogen and oxygen atoms in total. The van der Waals surface area contributed by atoms with E-state index in [4.69, 9.17) is 27.6 Å². The quantitative estimate of drug-likeness (QED) is 0.899. The number of unbranched alkanes of at least 4 members (excludes halogenated alkanes) is 1. The number of hydrogen-bond acceptors (Lipinski definition) is 4. The number of nitrogens with one attached hydrogen (secondary N) is 1. The van der Waals surface area contributed by atoms with Crippen molar-refractivity contribution in [3.05, 3.63) is 28.2 Å². The lowest BCUT2D eigenvalue weighted by molar-refractivity contribution is -0.116. The Bertz CT molecular complexity index is 593. The molecule has 1 amide bonds. The van der Waals surface area contributed by atoms with E-state index in [-0.39, 0.29) is 17.8 Å². The van der Waals surface area contributed by atoms with E-state index in [0.29, 0.717) is 22.0 Å². The normalized spacial score (nSPS) is 10.6. The van der Waals surface area contributed by atoms with Gasteiger partial charge in [0.1, 0.15) is 0 Å². The second-order valence-electron chi connectivity index (χ2n) is 4.22. The van der Waals surface area contributed by atoms with Gasteiger partial charge in [0, 0.05) is 22.0 Å². The number of anilines is 1. The lowest BCUT2D eigenvalue weighted by atomic mass is 10.2. The third-order valence-electron chi connectivity index (χ3n) is 2.54. The van der Waals surface area contributed by atoms with Gasteiger partial charge in [-0.15, -0.1) is 5.10 Å². The van der Waals surface area contributed by atoms with E-state index in [2.05, 4.69) is 15.5 Å². The maximum absolute atomic E-state index is 11.5. The summed E-state index contributed by atoms with van der Waals surface area (Å²) in [5, 5.41) is 11.1. The van der Waals surface area contributed by atoms with Crippen LogP contribution >= 0.6 is 23.2 Å². The molecule has 1 aromatic carbocycles. The van der Waals surface area contributed by atoms with Crippen LogP contribution in [0.4, 0.5) is 6.01 Å². The minimum Gasteiger partial charge on any atom is -0.403 e. The molecule has 1 aromatic heterocycles. The summed E-state index contributed by atoms with van der Waals surface area (Å²) in [4.78, 5) is 11.5. The highest BCUT2D eigenvalue weighted by molar-refractivity contribution is 6.35. The van der Waals surface area contributed by atoms with Crippen LogP contribution in [-0.2, 0) is 4.79 Å². The molecule has 0 unspecified atom stereocenters. The zero-order valence-electron chi connectivity index (χ0n) is 10.8. The van der Waals surface area contributed by atoms with Crippen molar-refractivity contribution in [1.82, 2.24) is 10.2 Å². The summed E-state index contributed by atoms with van der Waals surface area (Å²) in [6.07, 6.45) is 2.19. The summed E-state index contributed by atoms with van der Waals surface area (Å²) in [5.41, 5.74) is 0.601. The molecule has 0 spiro atoms. The van der Waals surface area contributed by atoms with Crippen molar-refractivity contribution in [2.24, 2.45) is 0 Å². The number of carbonyl (C=O) groups is 1. The largest absolute Gasteiger partial charge is 0.403 e. The number of carbonyl (C=O) groups excluding carboxylic acids is 1. The van der Waals surface area contributed by atoms with E-state index in [0.717, 1.165) is 12.8 Å². The molecular formula is C13H13Cl2N3O2. The van der Waals surface area contributed by atoms with E-state index in [9.17, 15) is 4.79 Å². The molecule has 2 aromatic rings. The van der Waals surface area contributed by atoms with Gasteiger partial charge in [-0.25, -0.2) is 0 Å². The van der Waals surface area contributed by atoms with Gasteiger partial charge in [0.15, 0.2) is 0 Å². The van der Waals surface area contributed by atoms with E-state index in [1.54, 1.807) is 18.2 Å². The zero-order chi connectivity index (χ0) is 14.5. The summed E-state index contributed by atoms with van der Waals surface area (Å²) in [7, 11) is 0. The Morgan fingerprint density at radius 1 is 1.25 bits per heavy atom. The number of nitrogens with zero attached hydrogens (tertiary/aromatic N) is 2. The average Bonchev–Trinajstić information content (AvgIpc) is 2.83. The summed E-state index contributed by atoms with van der Waals surface area (Å²) < 4.78 is 5.36. The molecule has 0 atom stereocenters. The van der Waals surface area contributed by atoms with Crippen LogP contribution in [0.25, 0.3) is 11.5 Å². The highest BCUT2D eigenvalue weighted by Gasteiger charge is 2.12. The summed E-state index contributed by atoms with van der Waals surface area (Å²) in [5.74, 6) is 0.103. The van der Waals surface area contributed by atoms with Crippen LogP contribution in [0, 0.1) is 0 Å². The maximum Gasteiger partial charge on any atom is 0.322 e. The molecule has 0 aliphatic heterocycles. The molecule has 7 heteroatoms. The molecule has 0 radical (unpaired) electrons. The van der Waals surface area contributed by atoms with Crippen LogP contribution in [0.2, 0.25) is 10.0 Å². The number of benzene rings is 1. The molecular weight excluding hydrogens is 301 g/mol. The van der Waals surface area contributed by atoms with Crippen molar-refractivity contribution in [2.45, 2.75) is 26.2 Å². The Morgan fingerprint density at radius 2 is 1.95 bits per heavy atom. The van der Waals surface area contributed by atoms with Crippen molar-refractivity contribution in [1.29, 1.82) is 0 Å². The standard InChI is InChI=1S/C13H13Cl2N3O2/c1-2-3-4-11(19)16-13-18-17-12(20-13)8-5-9(14)7-10(15)6-8/h5-7H,2-4H2,1H3,(H,16,18,19). The van der Waals surface area contributed by atoms with Gasteiger partial charge in [0.05, 0.1) is 0 Å². The second-order valence-corrected chi connectivity index (χ2v) is 5.10. The average molecular weight is 314 g/mol. The first kappa shape index (κ1) is 14.8. The van der Waals surface area contributed by atoms with Crippen molar-refractivity contribution in [2.75, 3.05) is 5.32 Å². The van der Waals surface area contributed by atoms with Crippen LogP contribution in [0.5, 0.6) is 0 Å². The molecule has 0 aliphatic rings. The van der Waals surface area contributed by atoms with Gasteiger partial charge in [-0.2, -0.15) is 0 Å². The van der Waals surface area contributed by atoms with Gasteiger partial charge < -0.3 is 4.42 Å². The third-order valence-corrected chi connectivity index (χ3v) is 2.97. The predicted molar refractivity (Wildman–Crippen MR) is 77.9 cm³/mol. The van der Waals surface area contributed by atoms with Crippen molar-refractivity contribution in [3.8, 4) is 11.5 Å². The fourth-order valence-electron chi connectivity index (χ4n) is 1.59. The predicted octanol–water partition coefficient (Wildman–Crippen LogP) is 4.17. The Balaban J connectivity index is 2.10. The first-order valence-electron chi connectivity index (χ1n) is 6.18. The Labute approximate surface area is 126 Å². The van der Waals surface area contributed by atoms with Gasteiger partial charge >= 0.3 is 6.01 Å². The highest BCUT2D eigenvalue weighted by atomic mass is 35.5. The minimum atomic E-state index is -0.147. The van der Waals surface area contributed by atoms with E-state index < -0.39 is 0 Å². The monoisotopic (exact) mass is 313 g/mol. The highest BCUT2D eigenvalue weighted by Crippen LogP contribution is 2.27. The van der Waals surface area contributed by atoms with Crippen molar-refractivity contribution in [3.63, 3.8) is 0 Å². The van der Waals surface area contributed by atoms with Gasteiger partial charge in [0.25, 0.3) is 0 Å². The number of halogens is 2. The first-order chi connectivity index (χ1) is 9.58. The van der Waals surface area contributed by atoms with E-state index in [1.165, 1.54) is 0 Å². The van der Waals surface area contributed by atoms with Crippen molar-refractivity contribution >= 4 is 35.1 Å². The fourth-order valence-corrected chi connectivity index (χ4v) is 2.11. The molecule has 0 fully saturated rings. The molecule has 0 saturated heterocycles. The molecule has 0 bridgehead atoms. The van der Waals surface area contributed by atoms with Gasteiger partial charge in [-0.05, 0) is 24.6 Å². The summed E-state index contributed by atoms with van der Waals surface area (Å²) in [6, 6.07) is 4.99. The topological polar surface area (TPSA) is 68.0 Å². The van der Waals surface area contributed by atoms with Crippen LogP contribution in [0.1, 0.15) is 26.2 Å². The van der Waals surface area contributed by atoms with Crippen LogP contribution < -0.4 is 5.32 Å². The van der Waals surface area contributed by atoms with Crippen LogP contribution in [-0.4, -0.2) is 16.1 Å². The molecule has 106 valence electrons. The fraction of sp³-hybridized carbons (Fsp3) is 0.308. The maximum atomic E-state index is 11.5. The van der Waals surface area contributed by atoms with Crippen molar-refractivity contribution < 1.29 is 9.21 Å². The number of hydrogen-bond donors (Lipinski definition) is 1. The summed E-state index contributed by atoms with van der Waals surface area (Å²) in [6.45, 7) is 2.01. The van der Waals surface area contributed by atoms with Gasteiger partial charge in [0.2, 0.25) is 11.8 Å². The molecule has 20 heavy (non-hydrogen) atoms. The molecule has 1 N–H and O–H groups in total. The molecule has 0 aliphatic carbocycles. The number of aromatic nitrogens is 2. The number of rotatable bonds is 5. The van der Waals surface area contributed by atoms with Crippen LogP contribution in [0.15, 0.2) is 22.6 Å². The molecule has 2 rings (SSSR count). The lowest BCUT2D eigenvalue weighted by Crippen LogP contribution is -2.11. The number of amides is 1. The molecule has 0 saturated carbocycles. The van der Waals surface area contributed by atoms with E-state index in [1.807, 2.05) is 6.92 Å². The zero-order valence-corrected chi connectivity index (χ0v) is 12.3. The lowest BCUT2D eigenvalue weighted by Gasteiger charge is -1.99. The smallest absolute Gasteiger partial charge is 0.322 e. The van der Waals surface area contributed by atoms with E-state index >= 15 is 0 Å².